The van der Waals surface area contributed by atoms with Crippen molar-refractivity contribution in [2.24, 2.45) is 5.73 Å². The van der Waals surface area contributed by atoms with E-state index in [4.69, 9.17) is 0 Å². The van der Waals surface area contributed by atoms with Crippen LogP contribution in [0.1, 0.15) is 10.4 Å². The fourth-order valence-corrected chi connectivity index (χ4v) is 0.859. The van der Waals surface area contributed by atoms with Crippen LogP contribution >= 0.6 is 0 Å². The molecule has 0 saturated carbocycles. The normalized spacial score (nSPS) is 9.47. The summed E-state index contributed by atoms with van der Waals surface area (Å²) in [7, 11) is 0. The van der Waals surface area contributed by atoms with Crippen LogP contribution in [0.5, 0.6) is 0 Å². The molecule has 15 heavy (non-hydrogen) atoms. The first-order chi connectivity index (χ1) is 7.00. The predicted octanol–water partition coefficient (Wildman–Crippen LogP) is 0.278. The van der Waals surface area contributed by atoms with E-state index < -0.39 is 29.1 Å². The molecule has 0 atom stereocenters. The molecule has 0 aromatic heterocycles. The van der Waals surface area contributed by atoms with Crippen molar-refractivity contribution in [3.63, 3.8) is 0 Å². The molecule has 0 aliphatic carbocycles. The topological polar surface area (TPSA) is 84.2 Å². The molecule has 0 fully saturated rings. The van der Waals surface area contributed by atoms with Crippen LogP contribution in [0.3, 0.4) is 0 Å². The number of rotatable bonds is 1. The Morgan fingerprint density at radius 1 is 1.20 bits per heavy atom. The second-order valence-corrected chi connectivity index (χ2v) is 2.57. The summed E-state index contributed by atoms with van der Waals surface area (Å²) in [6, 6.07) is 1.43. The number of nitrogens with one attached hydrogen (secondary N) is 2. The Labute approximate surface area is 83.2 Å². The third-order valence-corrected chi connectivity index (χ3v) is 1.47. The lowest BCUT2D eigenvalue weighted by molar-refractivity contribution is 0.0933. The number of urea groups is 1. The summed E-state index contributed by atoms with van der Waals surface area (Å²) in [5.74, 6) is -2.75. The van der Waals surface area contributed by atoms with E-state index in [2.05, 4.69) is 5.73 Å². The second kappa shape index (κ2) is 4.36. The van der Waals surface area contributed by atoms with Crippen molar-refractivity contribution in [3.05, 3.63) is 35.4 Å². The molecule has 0 heterocycles. The van der Waals surface area contributed by atoms with E-state index >= 15 is 0 Å². The van der Waals surface area contributed by atoms with Gasteiger partial charge in [0.25, 0.3) is 5.91 Å². The molecule has 5 nitrogen and oxygen atoms in total. The number of hydrogen-bond donors (Lipinski definition) is 3. The van der Waals surface area contributed by atoms with Crippen LogP contribution in [-0.4, -0.2) is 11.9 Å². The van der Waals surface area contributed by atoms with Gasteiger partial charge in [0.1, 0.15) is 11.6 Å². The SMILES string of the molecule is NC(=O)NNC(=O)c1ccc(F)cc1F. The number of carbonyl (C=O) groups is 2. The minimum absolute atomic E-state index is 0.398. The third kappa shape index (κ3) is 2.90. The van der Waals surface area contributed by atoms with Gasteiger partial charge in [-0.25, -0.2) is 19.0 Å². The van der Waals surface area contributed by atoms with Gasteiger partial charge < -0.3 is 5.73 Å². The summed E-state index contributed by atoms with van der Waals surface area (Å²) in [6.45, 7) is 0. The maximum absolute atomic E-state index is 13.0. The molecule has 0 saturated heterocycles. The van der Waals surface area contributed by atoms with Gasteiger partial charge in [-0.05, 0) is 12.1 Å². The molecule has 1 aromatic carbocycles. The van der Waals surface area contributed by atoms with Gasteiger partial charge in [-0.2, -0.15) is 0 Å². The van der Waals surface area contributed by atoms with Crippen LogP contribution in [0.4, 0.5) is 13.6 Å². The number of primary amides is 1. The Morgan fingerprint density at radius 3 is 2.40 bits per heavy atom. The van der Waals surface area contributed by atoms with Gasteiger partial charge >= 0.3 is 6.03 Å². The van der Waals surface area contributed by atoms with Crippen LogP contribution in [-0.2, 0) is 0 Å². The van der Waals surface area contributed by atoms with E-state index in [9.17, 15) is 18.4 Å². The van der Waals surface area contributed by atoms with Crippen LogP contribution < -0.4 is 16.6 Å². The highest BCUT2D eigenvalue weighted by Gasteiger charge is 2.12. The summed E-state index contributed by atoms with van der Waals surface area (Å²) in [4.78, 5) is 21.4. The number of benzene rings is 1. The lowest BCUT2D eigenvalue weighted by atomic mass is 10.2. The van der Waals surface area contributed by atoms with Crippen molar-refractivity contribution in [2.75, 3.05) is 0 Å². The Hall–Kier alpha value is -2.18. The van der Waals surface area contributed by atoms with Crippen molar-refractivity contribution in [2.45, 2.75) is 0 Å². The fraction of sp³-hybridized carbons (Fsp3) is 0. The van der Waals surface area contributed by atoms with Gasteiger partial charge in [-0.3, -0.25) is 10.2 Å². The predicted molar refractivity (Wildman–Crippen MR) is 46.5 cm³/mol. The van der Waals surface area contributed by atoms with Gasteiger partial charge in [-0.1, -0.05) is 0 Å². The summed E-state index contributed by atoms with van der Waals surface area (Å²) < 4.78 is 25.4. The van der Waals surface area contributed by atoms with Crippen LogP contribution in [0.25, 0.3) is 0 Å². The second-order valence-electron chi connectivity index (χ2n) is 2.57. The molecule has 0 aliphatic heterocycles. The highest BCUT2D eigenvalue weighted by atomic mass is 19.1. The van der Waals surface area contributed by atoms with Crippen LogP contribution in [0.2, 0.25) is 0 Å². The van der Waals surface area contributed by atoms with Crippen molar-refractivity contribution in [3.8, 4) is 0 Å². The van der Waals surface area contributed by atoms with Gasteiger partial charge in [0.2, 0.25) is 0 Å². The molecular weight excluding hydrogens is 208 g/mol. The first kappa shape index (κ1) is 10.9. The van der Waals surface area contributed by atoms with E-state index in [1.54, 1.807) is 5.43 Å². The third-order valence-electron chi connectivity index (χ3n) is 1.47. The van der Waals surface area contributed by atoms with Crippen LogP contribution in [0.15, 0.2) is 18.2 Å². The molecule has 0 unspecified atom stereocenters. The average Bonchev–Trinajstić information content (AvgIpc) is 2.14. The zero-order valence-corrected chi connectivity index (χ0v) is 7.38. The van der Waals surface area contributed by atoms with Gasteiger partial charge in [0.15, 0.2) is 0 Å². The number of hydrazine groups is 1. The minimum atomic E-state index is -1.03. The molecule has 0 bridgehead atoms. The maximum atomic E-state index is 13.0. The van der Waals surface area contributed by atoms with Crippen molar-refractivity contribution in [1.29, 1.82) is 0 Å². The molecule has 0 spiro atoms. The zero-order chi connectivity index (χ0) is 11.4. The molecule has 0 aliphatic rings. The van der Waals surface area contributed by atoms with Crippen molar-refractivity contribution < 1.29 is 18.4 Å². The summed E-state index contributed by atoms with van der Waals surface area (Å²) in [5.41, 5.74) is 7.86. The average molecular weight is 215 g/mol. The lowest BCUT2D eigenvalue weighted by Gasteiger charge is -2.05. The number of halogens is 2. The monoisotopic (exact) mass is 215 g/mol. The molecule has 7 heteroatoms. The summed E-state index contributed by atoms with van der Waals surface area (Å²) in [5, 5.41) is 0. The Morgan fingerprint density at radius 2 is 1.87 bits per heavy atom. The molecule has 80 valence electrons. The van der Waals surface area contributed by atoms with E-state index in [1.807, 2.05) is 5.43 Å². The maximum Gasteiger partial charge on any atom is 0.330 e. The first-order valence-electron chi connectivity index (χ1n) is 3.81. The number of nitrogens with two attached hydrogens (primary N) is 1. The molecule has 4 N–H and O–H groups in total. The lowest BCUT2D eigenvalue weighted by Crippen LogP contribution is -2.44. The fourth-order valence-electron chi connectivity index (χ4n) is 0.859. The highest BCUT2D eigenvalue weighted by Crippen LogP contribution is 2.08. The van der Waals surface area contributed by atoms with E-state index in [1.165, 1.54) is 0 Å². The summed E-state index contributed by atoms with van der Waals surface area (Å²) in [6.07, 6.45) is 0. The minimum Gasteiger partial charge on any atom is -0.350 e. The van der Waals surface area contributed by atoms with Crippen molar-refractivity contribution in [1.82, 2.24) is 10.9 Å². The largest absolute Gasteiger partial charge is 0.350 e. The van der Waals surface area contributed by atoms with Crippen molar-refractivity contribution >= 4 is 11.9 Å². The van der Waals surface area contributed by atoms with Gasteiger partial charge in [-0.15, -0.1) is 0 Å². The zero-order valence-electron chi connectivity index (χ0n) is 7.38. The highest BCUT2D eigenvalue weighted by molar-refractivity contribution is 5.95. The molecule has 1 aromatic rings. The van der Waals surface area contributed by atoms with E-state index in [-0.39, 0.29) is 0 Å². The Bertz CT molecular complexity index is 409. The number of amides is 3. The molecule has 0 radical (unpaired) electrons. The Balaban J connectivity index is 2.78. The van der Waals surface area contributed by atoms with Gasteiger partial charge in [0, 0.05) is 6.07 Å². The molecule has 3 amide bonds. The summed E-state index contributed by atoms with van der Waals surface area (Å²) >= 11 is 0. The Kier molecular flexibility index (Phi) is 3.17. The van der Waals surface area contributed by atoms with E-state index in [0.29, 0.717) is 6.07 Å². The van der Waals surface area contributed by atoms with E-state index in [0.717, 1.165) is 12.1 Å². The molecule has 1 rings (SSSR count). The van der Waals surface area contributed by atoms with Gasteiger partial charge in [0.05, 0.1) is 5.56 Å². The quantitative estimate of drug-likeness (QED) is 0.588. The first-order valence-corrected chi connectivity index (χ1v) is 3.81. The number of carbonyl (C=O) groups excluding carboxylic acids is 2. The number of hydrogen-bond acceptors (Lipinski definition) is 2. The smallest absolute Gasteiger partial charge is 0.330 e. The molecular formula is C8H7F2N3O2. The standard InChI is InChI=1S/C8H7F2N3O2/c9-4-1-2-5(6(10)3-4)7(14)12-13-8(11)15/h1-3H,(H,12,14)(H3,11,13,15). The van der Waals surface area contributed by atoms with Crippen LogP contribution in [0, 0.1) is 11.6 Å².